The van der Waals surface area contributed by atoms with Crippen molar-refractivity contribution in [2.45, 2.75) is 85.5 Å². The van der Waals surface area contributed by atoms with Crippen LogP contribution >= 0.6 is 0 Å². The maximum absolute atomic E-state index is 12.3. The number of epoxide rings is 14. The van der Waals surface area contributed by atoms with Gasteiger partial charge in [0.15, 0.2) is 0 Å². The zero-order valence-electron chi connectivity index (χ0n) is 79.4. The van der Waals surface area contributed by atoms with Crippen LogP contribution in [0.5, 0.6) is 69.0 Å². The van der Waals surface area contributed by atoms with Crippen molar-refractivity contribution in [1.82, 2.24) is 0 Å². The summed E-state index contributed by atoms with van der Waals surface area (Å²) in [6.07, 6.45) is 3.03. The van der Waals surface area contributed by atoms with Gasteiger partial charge in [-0.25, -0.2) is 9.59 Å². The fourth-order valence-corrected chi connectivity index (χ4v) is 15.3. The Labute approximate surface area is 830 Å². The predicted octanol–water partition coefficient (Wildman–Crippen LogP) is 16.3. The summed E-state index contributed by atoms with van der Waals surface area (Å²) in [6, 6.07) is 83.6. The van der Waals surface area contributed by atoms with Crippen LogP contribution < -0.4 is 56.8 Å². The van der Waals surface area contributed by atoms with E-state index < -0.39 is 0 Å². The van der Waals surface area contributed by atoms with Crippen molar-refractivity contribution in [3.63, 3.8) is 0 Å². The molecule has 28 rings (SSSR count). The number of hydrogen-bond donors (Lipinski definition) is 0. The number of rotatable bonds is 42. The lowest BCUT2D eigenvalue weighted by molar-refractivity contribution is 0.0463. The first-order chi connectivity index (χ1) is 71.0. The molecular weight excluding hydrogens is 1850 g/mol. The largest absolute Gasteiger partial charge is 0.491 e. The van der Waals surface area contributed by atoms with Gasteiger partial charge in [0.05, 0.1) is 92.5 Å². The third-order valence-electron chi connectivity index (χ3n) is 24.8. The van der Waals surface area contributed by atoms with Gasteiger partial charge < -0.3 is 133 Å². The minimum absolute atomic E-state index is 0.0497. The van der Waals surface area contributed by atoms with Gasteiger partial charge in [-0.05, 0) is 147 Å². The molecule has 14 fully saturated rings. The SMILES string of the molecule is O=C(OCC1CO1)c1cc2ccccc2cc1OCC1CO1.O=C(OCC1CO1)c1ccc2ccccc2c1OCC1CO1.c1cc(OCC2CO2)c2cc(OCC3CO3)ccc2c1.c1cc(OCC2CO2)c2ccc(OCC3CO3)cc2c1.c1cc(OCC2CO2)c2cccc(OCC3CO3)c2c1.c1cc2ccc(OCC3CO3)cc2cc1OCC1CO1.c1ccc2c(OCC3CO3)ccc(OCC3CO3)c2c1. The molecule has 14 aliphatic heterocycles. The molecule has 0 aromatic heterocycles. The first-order valence-electron chi connectivity index (χ1n) is 49.2. The second kappa shape index (κ2) is 45.9. The number of carbonyl (C=O) groups excluding carboxylic acids is 2. The van der Waals surface area contributed by atoms with E-state index in [1.165, 1.54) is 5.39 Å². The Kier molecular flexibility index (Phi) is 30.5. The van der Waals surface area contributed by atoms with Crippen molar-refractivity contribution < 1.29 is 142 Å². The van der Waals surface area contributed by atoms with Crippen molar-refractivity contribution >= 4 is 87.3 Å². The molecular formula is C114H112O30. The highest BCUT2D eigenvalue weighted by atomic mass is 16.7. The standard InChI is InChI=1S/2C17H16O5.5C16H16O4/c18-17(22-10-14-8-20-14)15-5-11-3-1-2-4-12(11)6-16(15)21-9-13-7-19-13;18-17(22-10-13-8-20-13)15-6-5-11-3-1-2-4-14(11)16(15)21-9-12-7-19-12;1-3-13(17-7-15-9-19-15)5-12-6-14(4-2-11(1)12)18-8-16-10-20-16;1-3-13-14(15(5-1)19-9-11-7-17-11)4-2-6-16(13)20-10-12-8-18-12;1-2-11-6-12(17-7-13-8-18-13)4-5-15(11)16(3-1)20-10-14-9-19-14;1-2-11-4-5-12(17-7-13-8-18-13)6-15(11)16(3-1)20-10-14-9-19-14;1-2-4-14-13(3-1)15(19-9-11-7-17-11)5-6-16(14)20-10-12-8-18-12/h1-6,13-14H,7-10H2;1-6,12-13H,7-10H2;1-6,15-16H,7-10H2;1-6,11-12H,7-10H2;2*1-6,13-14H,7-10H2;1-6,11-12H,7-10H2. The maximum Gasteiger partial charge on any atom is 0.342 e. The molecule has 0 N–H and O–H groups in total. The lowest BCUT2D eigenvalue weighted by atomic mass is 10.1. The number of fused-ring (bicyclic) bond motifs is 7. The Bertz CT molecular complexity index is 6410. The molecule has 144 heavy (non-hydrogen) atoms. The number of esters is 2. The van der Waals surface area contributed by atoms with Gasteiger partial charge in [-0.1, -0.05) is 146 Å². The molecule has 14 aromatic carbocycles. The quantitative estimate of drug-likeness (QED) is 0.0253. The number of hydrogen-bond acceptors (Lipinski definition) is 30. The zero-order valence-corrected chi connectivity index (χ0v) is 79.4. The second-order valence-corrected chi connectivity index (χ2v) is 36.8. The van der Waals surface area contributed by atoms with Gasteiger partial charge in [-0.2, -0.15) is 0 Å². The Morgan fingerprint density at radius 2 is 0.444 bits per heavy atom. The molecule has 0 amide bonds. The average Bonchev–Trinajstić information content (AvgIpc) is 1.67. The second-order valence-electron chi connectivity index (χ2n) is 36.8. The minimum atomic E-state index is -0.382. The van der Waals surface area contributed by atoms with Crippen molar-refractivity contribution in [3.8, 4) is 69.0 Å². The first-order valence-corrected chi connectivity index (χ1v) is 49.2. The molecule has 0 aliphatic carbocycles. The molecule has 14 unspecified atom stereocenters. The Morgan fingerprint density at radius 3 is 0.854 bits per heavy atom. The van der Waals surface area contributed by atoms with E-state index in [1.54, 1.807) is 6.07 Å². The summed E-state index contributed by atoms with van der Waals surface area (Å²) in [7, 11) is 0. The van der Waals surface area contributed by atoms with E-state index in [0.717, 1.165) is 194 Å². The monoisotopic (exact) mass is 1960 g/mol. The molecule has 0 spiro atoms. The molecule has 14 atom stereocenters. The van der Waals surface area contributed by atoms with E-state index in [4.69, 9.17) is 133 Å². The lowest BCUT2D eigenvalue weighted by Crippen LogP contribution is -2.13. The lowest BCUT2D eigenvalue weighted by Gasteiger charge is -2.13. The summed E-state index contributed by atoms with van der Waals surface area (Å²) in [5, 5.41) is 15.0. The van der Waals surface area contributed by atoms with E-state index in [9.17, 15) is 9.59 Å². The third-order valence-corrected chi connectivity index (χ3v) is 24.8. The van der Waals surface area contributed by atoms with Crippen LogP contribution in [0.15, 0.2) is 255 Å². The van der Waals surface area contributed by atoms with Crippen LogP contribution in [-0.4, -0.2) is 282 Å². The van der Waals surface area contributed by atoms with Gasteiger partial charge in [0.1, 0.15) is 258 Å². The number of carbonyl (C=O) groups is 2. The molecule has 14 saturated heterocycles. The summed E-state index contributed by atoms with van der Waals surface area (Å²) in [5.74, 6) is 9.11. The molecule has 748 valence electrons. The highest BCUT2D eigenvalue weighted by Gasteiger charge is 2.35. The molecule has 14 heterocycles. The molecule has 0 saturated carbocycles. The summed E-state index contributed by atoms with van der Waals surface area (Å²) in [6.45, 7) is 18.5. The van der Waals surface area contributed by atoms with Crippen molar-refractivity contribution in [2.24, 2.45) is 0 Å². The van der Waals surface area contributed by atoms with Crippen LogP contribution in [0.4, 0.5) is 0 Å². The van der Waals surface area contributed by atoms with Crippen molar-refractivity contribution in [3.05, 3.63) is 266 Å². The van der Waals surface area contributed by atoms with Crippen LogP contribution in [0.2, 0.25) is 0 Å². The molecule has 0 bridgehead atoms. The van der Waals surface area contributed by atoms with E-state index in [0.29, 0.717) is 128 Å². The Morgan fingerprint density at radius 1 is 0.181 bits per heavy atom. The molecule has 30 nitrogen and oxygen atoms in total. The van der Waals surface area contributed by atoms with Gasteiger partial charge in [0, 0.05) is 37.7 Å². The fourth-order valence-electron chi connectivity index (χ4n) is 15.3. The van der Waals surface area contributed by atoms with Crippen LogP contribution in [0.1, 0.15) is 20.7 Å². The van der Waals surface area contributed by atoms with Crippen LogP contribution in [0, 0.1) is 0 Å². The van der Waals surface area contributed by atoms with E-state index in [2.05, 4.69) is 54.6 Å². The van der Waals surface area contributed by atoms with Crippen molar-refractivity contribution in [2.75, 3.05) is 185 Å². The number of ether oxygens (including phenoxy) is 28. The van der Waals surface area contributed by atoms with Crippen molar-refractivity contribution in [1.29, 1.82) is 0 Å². The topological polar surface area (TPSA) is 339 Å². The minimum Gasteiger partial charge on any atom is -0.491 e. The molecule has 14 aromatic rings. The number of benzene rings is 14. The average molecular weight is 1960 g/mol. The predicted molar refractivity (Wildman–Crippen MR) is 531 cm³/mol. The zero-order chi connectivity index (χ0) is 96.7. The summed E-state index contributed by atoms with van der Waals surface area (Å²) in [4.78, 5) is 24.6. The molecule has 0 radical (unpaired) electrons. The normalized spacial score (nSPS) is 23.2. The summed E-state index contributed by atoms with van der Waals surface area (Å²) < 4.78 is 152. The van der Waals surface area contributed by atoms with E-state index in [-0.39, 0.29) is 111 Å². The van der Waals surface area contributed by atoms with Gasteiger partial charge in [-0.3, -0.25) is 0 Å². The van der Waals surface area contributed by atoms with E-state index in [1.807, 2.05) is 194 Å². The van der Waals surface area contributed by atoms with Crippen LogP contribution in [-0.2, 0) is 75.8 Å². The summed E-state index contributed by atoms with van der Waals surface area (Å²) in [5.41, 5.74) is 0.889. The van der Waals surface area contributed by atoms with Crippen LogP contribution in [0.25, 0.3) is 75.4 Å². The maximum atomic E-state index is 12.3. The van der Waals surface area contributed by atoms with Gasteiger partial charge in [0.2, 0.25) is 0 Å². The third kappa shape index (κ3) is 28.9. The fraction of sp³-hybridized carbons (Fsp3) is 0.368. The molecule has 30 heteroatoms. The highest BCUT2D eigenvalue weighted by Crippen LogP contribution is 2.40. The Hall–Kier alpha value is -13.1. The summed E-state index contributed by atoms with van der Waals surface area (Å²) >= 11 is 0. The smallest absolute Gasteiger partial charge is 0.342 e. The Balaban J connectivity index is 0.0000000959. The van der Waals surface area contributed by atoms with Gasteiger partial charge >= 0.3 is 11.9 Å². The first kappa shape index (κ1) is 95.7. The highest BCUT2D eigenvalue weighted by molar-refractivity contribution is 6.02. The van der Waals surface area contributed by atoms with E-state index >= 15 is 0 Å². The molecule has 14 aliphatic rings. The van der Waals surface area contributed by atoms with Gasteiger partial charge in [-0.15, -0.1) is 0 Å². The van der Waals surface area contributed by atoms with Crippen LogP contribution in [0.3, 0.4) is 0 Å². The van der Waals surface area contributed by atoms with Gasteiger partial charge in [0.25, 0.3) is 0 Å².